The Hall–Kier alpha value is -4.40. The highest BCUT2D eigenvalue weighted by molar-refractivity contribution is 5.94. The van der Waals surface area contributed by atoms with E-state index in [2.05, 4.69) is 15.5 Å². The fraction of sp³-hybridized carbons (Fsp3) is 0.130. The van der Waals surface area contributed by atoms with E-state index in [1.54, 1.807) is 67.8 Å². The van der Waals surface area contributed by atoms with Crippen molar-refractivity contribution in [1.29, 1.82) is 0 Å². The molecule has 0 aliphatic heterocycles. The normalized spacial score (nSPS) is 11.5. The second-order valence-corrected chi connectivity index (χ2v) is 6.65. The van der Waals surface area contributed by atoms with Gasteiger partial charge in [-0.2, -0.15) is 4.98 Å². The molecule has 4 aromatic rings. The lowest BCUT2D eigenvalue weighted by molar-refractivity contribution is -0.147. The third kappa shape index (κ3) is 4.84. The Labute approximate surface area is 183 Å². The van der Waals surface area contributed by atoms with Crippen molar-refractivity contribution in [2.75, 3.05) is 7.11 Å². The molecular formula is C23H19N3O6. The van der Waals surface area contributed by atoms with Crippen molar-refractivity contribution in [2.24, 2.45) is 0 Å². The minimum atomic E-state index is -1.04. The van der Waals surface area contributed by atoms with Gasteiger partial charge in [-0.3, -0.25) is 4.79 Å². The number of benzene rings is 2. The van der Waals surface area contributed by atoms with Gasteiger partial charge in [-0.1, -0.05) is 35.5 Å². The number of rotatable bonds is 8. The van der Waals surface area contributed by atoms with E-state index in [9.17, 15) is 9.59 Å². The predicted octanol–water partition coefficient (Wildman–Crippen LogP) is 3.55. The quantitative estimate of drug-likeness (QED) is 0.419. The number of amides is 1. The van der Waals surface area contributed by atoms with Crippen molar-refractivity contribution in [3.63, 3.8) is 0 Å². The summed E-state index contributed by atoms with van der Waals surface area (Å²) in [6.07, 6.45) is 1.38. The summed E-state index contributed by atoms with van der Waals surface area (Å²) in [5, 5.41) is 6.47. The van der Waals surface area contributed by atoms with Crippen molar-refractivity contribution in [3.8, 4) is 17.2 Å². The van der Waals surface area contributed by atoms with Gasteiger partial charge in [0.15, 0.2) is 18.4 Å². The molecule has 9 heteroatoms. The van der Waals surface area contributed by atoms with E-state index in [4.69, 9.17) is 18.4 Å². The van der Waals surface area contributed by atoms with Crippen molar-refractivity contribution in [3.05, 3.63) is 90.1 Å². The van der Waals surface area contributed by atoms with Crippen LogP contribution in [0.25, 0.3) is 11.5 Å². The molecule has 0 spiro atoms. The number of esters is 1. The summed E-state index contributed by atoms with van der Waals surface area (Å²) in [4.78, 5) is 29.5. The topological polar surface area (TPSA) is 117 Å². The van der Waals surface area contributed by atoms with Gasteiger partial charge in [0.1, 0.15) is 5.75 Å². The van der Waals surface area contributed by atoms with Crippen LogP contribution in [0.1, 0.15) is 28.0 Å². The van der Waals surface area contributed by atoms with Gasteiger partial charge in [-0.05, 0) is 42.0 Å². The third-order valence-corrected chi connectivity index (χ3v) is 4.54. The second kappa shape index (κ2) is 9.61. The van der Waals surface area contributed by atoms with Gasteiger partial charge in [-0.25, -0.2) is 4.79 Å². The van der Waals surface area contributed by atoms with Crippen LogP contribution in [0.4, 0.5) is 0 Å². The Morgan fingerprint density at radius 2 is 1.81 bits per heavy atom. The Morgan fingerprint density at radius 1 is 1.03 bits per heavy atom. The van der Waals surface area contributed by atoms with Crippen molar-refractivity contribution < 1.29 is 28.0 Å². The average Bonchev–Trinajstić information content (AvgIpc) is 3.54. The van der Waals surface area contributed by atoms with Crippen molar-refractivity contribution in [2.45, 2.75) is 12.6 Å². The zero-order chi connectivity index (χ0) is 22.3. The molecular weight excluding hydrogens is 414 g/mol. The van der Waals surface area contributed by atoms with Crippen LogP contribution in [-0.2, 0) is 16.1 Å². The summed E-state index contributed by atoms with van der Waals surface area (Å²) in [6, 6.07) is 17.9. The summed E-state index contributed by atoms with van der Waals surface area (Å²) in [7, 11) is 1.58. The molecule has 162 valence electrons. The van der Waals surface area contributed by atoms with E-state index in [-0.39, 0.29) is 24.1 Å². The van der Waals surface area contributed by atoms with Gasteiger partial charge in [0.25, 0.3) is 11.8 Å². The number of nitrogens with one attached hydrogen (secondary N) is 1. The first kappa shape index (κ1) is 20.9. The minimum Gasteiger partial charge on any atom is -0.497 e. The number of hydrogen-bond acceptors (Lipinski definition) is 8. The third-order valence-electron chi connectivity index (χ3n) is 4.54. The zero-order valence-corrected chi connectivity index (χ0v) is 17.1. The number of hydrogen-bond donors (Lipinski definition) is 1. The number of carbonyl (C=O) groups excluding carboxylic acids is 2. The molecule has 1 amide bonds. The molecule has 1 N–H and O–H groups in total. The molecule has 0 aliphatic rings. The maximum absolute atomic E-state index is 12.8. The van der Waals surface area contributed by atoms with Gasteiger partial charge >= 0.3 is 5.97 Å². The average molecular weight is 433 g/mol. The predicted molar refractivity (Wildman–Crippen MR) is 111 cm³/mol. The largest absolute Gasteiger partial charge is 0.497 e. The first-order chi connectivity index (χ1) is 15.6. The molecule has 9 nitrogen and oxygen atoms in total. The van der Waals surface area contributed by atoms with Crippen LogP contribution in [0.3, 0.4) is 0 Å². The van der Waals surface area contributed by atoms with Gasteiger partial charge < -0.3 is 23.7 Å². The molecule has 1 unspecified atom stereocenters. The highest BCUT2D eigenvalue weighted by Crippen LogP contribution is 2.21. The maximum Gasteiger partial charge on any atom is 0.333 e. The smallest absolute Gasteiger partial charge is 0.333 e. The Morgan fingerprint density at radius 3 is 2.50 bits per heavy atom. The highest BCUT2D eigenvalue weighted by Gasteiger charge is 2.26. The fourth-order valence-electron chi connectivity index (χ4n) is 2.92. The molecule has 2 heterocycles. The monoisotopic (exact) mass is 433 g/mol. The summed E-state index contributed by atoms with van der Waals surface area (Å²) >= 11 is 0. The van der Waals surface area contributed by atoms with E-state index < -0.39 is 17.9 Å². The van der Waals surface area contributed by atoms with E-state index in [1.165, 1.54) is 12.3 Å². The summed E-state index contributed by atoms with van der Waals surface area (Å²) in [5.74, 6) is 0.0406. The van der Waals surface area contributed by atoms with Gasteiger partial charge in [0.2, 0.25) is 5.82 Å². The summed E-state index contributed by atoms with van der Waals surface area (Å²) < 4.78 is 20.8. The molecule has 2 aromatic carbocycles. The van der Waals surface area contributed by atoms with Gasteiger partial charge in [0.05, 0.1) is 13.4 Å². The zero-order valence-electron chi connectivity index (χ0n) is 17.1. The number of methoxy groups -OCH3 is 1. The SMILES string of the molecule is COc1ccc(-c2nc(COC(=O)C(NC(=O)c3ccco3)c3ccccc3)no2)cc1. The van der Waals surface area contributed by atoms with Crippen LogP contribution in [0.5, 0.6) is 5.75 Å². The van der Waals surface area contributed by atoms with Crippen LogP contribution in [-0.4, -0.2) is 29.1 Å². The number of carbonyl (C=O) groups is 2. The fourth-order valence-corrected chi connectivity index (χ4v) is 2.92. The molecule has 2 aromatic heterocycles. The number of ether oxygens (including phenoxy) is 2. The number of nitrogens with zero attached hydrogens (tertiary/aromatic N) is 2. The molecule has 0 saturated heterocycles. The molecule has 0 saturated carbocycles. The molecule has 0 bridgehead atoms. The van der Waals surface area contributed by atoms with E-state index in [0.717, 1.165) is 0 Å². The molecule has 32 heavy (non-hydrogen) atoms. The molecule has 1 atom stereocenters. The Bertz CT molecular complexity index is 1170. The van der Waals surface area contributed by atoms with Gasteiger partial charge in [-0.15, -0.1) is 0 Å². The number of aromatic nitrogens is 2. The van der Waals surface area contributed by atoms with E-state index in [0.29, 0.717) is 16.9 Å². The first-order valence-electron chi connectivity index (χ1n) is 9.67. The molecule has 0 aliphatic carbocycles. The van der Waals surface area contributed by atoms with Crippen molar-refractivity contribution in [1.82, 2.24) is 15.5 Å². The van der Waals surface area contributed by atoms with Crippen LogP contribution in [0.15, 0.2) is 81.9 Å². The minimum absolute atomic E-state index is 0.0843. The lowest BCUT2D eigenvalue weighted by atomic mass is 10.1. The molecule has 4 rings (SSSR count). The maximum atomic E-state index is 12.8. The summed E-state index contributed by atoms with van der Waals surface area (Å²) in [6.45, 7) is -0.224. The van der Waals surface area contributed by atoms with Crippen LogP contribution >= 0.6 is 0 Å². The lowest BCUT2D eigenvalue weighted by Gasteiger charge is -2.17. The van der Waals surface area contributed by atoms with E-state index >= 15 is 0 Å². The second-order valence-electron chi connectivity index (χ2n) is 6.65. The highest BCUT2D eigenvalue weighted by atomic mass is 16.5. The van der Waals surface area contributed by atoms with E-state index in [1.807, 2.05) is 0 Å². The van der Waals surface area contributed by atoms with Crippen LogP contribution < -0.4 is 10.1 Å². The standard InChI is InChI=1S/C23H19N3O6/c1-29-17-11-9-16(10-12-17)22-24-19(26-32-22)14-31-23(28)20(15-6-3-2-4-7-15)25-21(27)18-8-5-13-30-18/h2-13,20H,14H2,1H3,(H,25,27). The first-order valence-corrected chi connectivity index (χ1v) is 9.67. The van der Waals surface area contributed by atoms with Crippen LogP contribution in [0, 0.1) is 0 Å². The molecule has 0 radical (unpaired) electrons. The summed E-state index contributed by atoms with van der Waals surface area (Å²) in [5.41, 5.74) is 1.26. The Balaban J connectivity index is 1.44. The van der Waals surface area contributed by atoms with Crippen molar-refractivity contribution >= 4 is 11.9 Å². The molecule has 0 fully saturated rings. The number of furan rings is 1. The Kier molecular flexibility index (Phi) is 6.26. The lowest BCUT2D eigenvalue weighted by Crippen LogP contribution is -2.34. The van der Waals surface area contributed by atoms with Crippen LogP contribution in [0.2, 0.25) is 0 Å². The van der Waals surface area contributed by atoms with Gasteiger partial charge in [0, 0.05) is 5.56 Å².